The fourth-order valence-electron chi connectivity index (χ4n) is 2.66. The quantitative estimate of drug-likeness (QED) is 0.435. The molecular formula is C18H12N4O3. The van der Waals surface area contributed by atoms with Crippen LogP contribution in [0.4, 0.5) is 17.1 Å². The monoisotopic (exact) mass is 332 g/mol. The van der Waals surface area contributed by atoms with E-state index in [9.17, 15) is 10.1 Å². The van der Waals surface area contributed by atoms with E-state index in [1.807, 2.05) is 54.6 Å². The van der Waals surface area contributed by atoms with Crippen molar-refractivity contribution in [3.05, 3.63) is 76.8 Å². The second-order valence-corrected chi connectivity index (χ2v) is 5.42. The number of fused-ring (bicyclic) bond motifs is 1. The van der Waals surface area contributed by atoms with E-state index in [4.69, 9.17) is 0 Å². The largest absolute Gasteiger partial charge is 0.350 e. The minimum atomic E-state index is -0.493. The molecule has 0 aliphatic carbocycles. The molecule has 0 radical (unpaired) electrons. The number of nitrogens with zero attached hydrogens (tertiary/aromatic N) is 3. The highest BCUT2D eigenvalue weighted by atomic mass is 16.6. The summed E-state index contributed by atoms with van der Waals surface area (Å²) in [7, 11) is 0. The van der Waals surface area contributed by atoms with Crippen molar-refractivity contribution >= 4 is 28.1 Å². The lowest BCUT2D eigenvalue weighted by atomic mass is 10.1. The molecule has 0 fully saturated rings. The number of hydrogen-bond donors (Lipinski definition) is 1. The molecule has 0 spiro atoms. The summed E-state index contributed by atoms with van der Waals surface area (Å²) in [4.78, 5) is 10.9. The number of anilines is 2. The van der Waals surface area contributed by atoms with Crippen LogP contribution in [0.3, 0.4) is 0 Å². The highest BCUT2D eigenvalue weighted by Gasteiger charge is 2.22. The Balaban J connectivity index is 1.67. The third-order valence-corrected chi connectivity index (χ3v) is 3.85. The fraction of sp³-hybridized carbons (Fsp3) is 0. The molecule has 25 heavy (non-hydrogen) atoms. The first-order valence-electron chi connectivity index (χ1n) is 7.54. The van der Waals surface area contributed by atoms with Gasteiger partial charge in [0.05, 0.1) is 4.92 Å². The van der Waals surface area contributed by atoms with Crippen LogP contribution in [0.5, 0.6) is 0 Å². The summed E-state index contributed by atoms with van der Waals surface area (Å²) < 4.78 is 4.59. The van der Waals surface area contributed by atoms with Gasteiger partial charge in [-0.1, -0.05) is 42.5 Å². The van der Waals surface area contributed by atoms with E-state index < -0.39 is 4.92 Å². The second kappa shape index (κ2) is 6.04. The third kappa shape index (κ3) is 2.78. The van der Waals surface area contributed by atoms with Gasteiger partial charge in [-0.25, -0.2) is 4.63 Å². The molecule has 0 unspecified atom stereocenters. The number of aromatic nitrogens is 2. The van der Waals surface area contributed by atoms with Gasteiger partial charge in [0.1, 0.15) is 11.2 Å². The van der Waals surface area contributed by atoms with Crippen LogP contribution in [-0.4, -0.2) is 15.2 Å². The van der Waals surface area contributed by atoms with Gasteiger partial charge >= 0.3 is 5.69 Å². The number of rotatable bonds is 4. The van der Waals surface area contributed by atoms with E-state index >= 15 is 0 Å². The first kappa shape index (κ1) is 14.8. The zero-order valence-electron chi connectivity index (χ0n) is 12.9. The molecule has 122 valence electrons. The zero-order valence-corrected chi connectivity index (χ0v) is 12.9. The number of nitro benzene ring substituents is 1. The predicted molar refractivity (Wildman–Crippen MR) is 93.6 cm³/mol. The summed E-state index contributed by atoms with van der Waals surface area (Å²) in [6, 6.07) is 20.9. The molecule has 0 bridgehead atoms. The summed E-state index contributed by atoms with van der Waals surface area (Å²) in [5, 5.41) is 21.7. The Morgan fingerprint density at radius 2 is 1.60 bits per heavy atom. The number of nitro groups is 1. The maximum Gasteiger partial charge on any atom is 0.323 e. The van der Waals surface area contributed by atoms with Crippen LogP contribution in [0.2, 0.25) is 0 Å². The average Bonchev–Trinajstić information content (AvgIpc) is 3.11. The maximum atomic E-state index is 11.4. The third-order valence-electron chi connectivity index (χ3n) is 3.85. The van der Waals surface area contributed by atoms with Gasteiger partial charge in [-0.2, -0.15) is 0 Å². The molecule has 7 nitrogen and oxygen atoms in total. The first-order chi connectivity index (χ1) is 12.2. The van der Waals surface area contributed by atoms with Crippen molar-refractivity contribution in [2.24, 2.45) is 0 Å². The molecule has 1 N–H and O–H groups in total. The molecule has 4 rings (SSSR count). The minimum Gasteiger partial charge on any atom is -0.350 e. The van der Waals surface area contributed by atoms with Gasteiger partial charge in [0.25, 0.3) is 0 Å². The van der Waals surface area contributed by atoms with Crippen LogP contribution in [0.15, 0.2) is 71.4 Å². The van der Waals surface area contributed by atoms with Crippen molar-refractivity contribution < 1.29 is 9.55 Å². The summed E-state index contributed by atoms with van der Waals surface area (Å²) >= 11 is 0. The molecule has 0 saturated carbocycles. The second-order valence-electron chi connectivity index (χ2n) is 5.42. The molecule has 0 atom stereocenters. The zero-order chi connectivity index (χ0) is 17.2. The number of hydrogen-bond acceptors (Lipinski definition) is 6. The smallest absolute Gasteiger partial charge is 0.323 e. The molecule has 0 saturated heterocycles. The molecule has 4 aromatic rings. The molecule has 3 aromatic carbocycles. The van der Waals surface area contributed by atoms with Crippen molar-refractivity contribution in [1.29, 1.82) is 0 Å². The van der Waals surface area contributed by atoms with Crippen molar-refractivity contribution in [1.82, 2.24) is 10.3 Å². The number of nitrogens with one attached hydrogen (secondary N) is 1. The molecule has 0 amide bonds. The van der Waals surface area contributed by atoms with Crippen LogP contribution in [0, 0.1) is 10.1 Å². The molecule has 0 aliphatic heterocycles. The van der Waals surface area contributed by atoms with E-state index in [0.29, 0.717) is 11.2 Å². The average molecular weight is 332 g/mol. The van der Waals surface area contributed by atoms with E-state index in [1.165, 1.54) is 0 Å². The van der Waals surface area contributed by atoms with Gasteiger partial charge in [0, 0.05) is 5.69 Å². The Morgan fingerprint density at radius 1 is 0.880 bits per heavy atom. The van der Waals surface area contributed by atoms with E-state index in [-0.39, 0.29) is 11.2 Å². The van der Waals surface area contributed by atoms with Crippen LogP contribution in [-0.2, 0) is 0 Å². The lowest BCUT2D eigenvalue weighted by molar-refractivity contribution is -0.382. The minimum absolute atomic E-state index is 0.121. The van der Waals surface area contributed by atoms with Crippen LogP contribution in [0.25, 0.3) is 22.2 Å². The predicted octanol–water partition coefficient (Wildman–Crippen LogP) is 4.54. The van der Waals surface area contributed by atoms with Crippen LogP contribution >= 0.6 is 0 Å². The molecule has 7 heteroatoms. The van der Waals surface area contributed by atoms with Gasteiger partial charge in [-0.05, 0) is 45.7 Å². The molecular weight excluding hydrogens is 320 g/mol. The normalized spacial score (nSPS) is 10.7. The highest BCUT2D eigenvalue weighted by molar-refractivity contribution is 5.92. The summed E-state index contributed by atoms with van der Waals surface area (Å²) in [6.45, 7) is 0. The van der Waals surface area contributed by atoms with Gasteiger partial charge in [-0.3, -0.25) is 10.1 Å². The lowest BCUT2D eigenvalue weighted by Crippen LogP contribution is -1.98. The Hall–Kier alpha value is -3.74. The van der Waals surface area contributed by atoms with E-state index in [1.54, 1.807) is 12.1 Å². The van der Waals surface area contributed by atoms with Gasteiger partial charge in [0.2, 0.25) is 5.52 Å². The fourth-order valence-corrected chi connectivity index (χ4v) is 2.66. The van der Waals surface area contributed by atoms with E-state index in [2.05, 4.69) is 20.3 Å². The summed E-state index contributed by atoms with van der Waals surface area (Å²) in [5.41, 5.74) is 3.55. The highest BCUT2D eigenvalue weighted by Crippen LogP contribution is 2.34. The summed E-state index contributed by atoms with van der Waals surface area (Å²) in [5.74, 6) is 0. The standard InChI is InChI=1S/C18H12N4O3/c23-22(24)18-16(11-10-15-17(18)21-25-20-15)19-14-8-6-13(7-9-14)12-4-2-1-3-5-12/h1-11,19H. The Kier molecular flexibility index (Phi) is 3.59. The summed E-state index contributed by atoms with van der Waals surface area (Å²) in [6.07, 6.45) is 0. The Morgan fingerprint density at radius 3 is 2.32 bits per heavy atom. The van der Waals surface area contributed by atoms with E-state index in [0.717, 1.165) is 16.8 Å². The molecule has 1 aromatic heterocycles. The molecule has 0 aliphatic rings. The van der Waals surface area contributed by atoms with Crippen molar-refractivity contribution in [3.8, 4) is 11.1 Å². The SMILES string of the molecule is O=[N+]([O-])c1c(Nc2ccc(-c3ccccc3)cc2)ccc2nonc12. The first-order valence-corrected chi connectivity index (χ1v) is 7.54. The van der Waals surface area contributed by atoms with Gasteiger partial charge < -0.3 is 5.32 Å². The van der Waals surface area contributed by atoms with Gasteiger partial charge in [-0.15, -0.1) is 0 Å². The van der Waals surface area contributed by atoms with Crippen molar-refractivity contribution in [3.63, 3.8) is 0 Å². The molecule has 1 heterocycles. The van der Waals surface area contributed by atoms with Crippen molar-refractivity contribution in [2.45, 2.75) is 0 Å². The Labute approximate surface area is 142 Å². The van der Waals surface area contributed by atoms with Crippen molar-refractivity contribution in [2.75, 3.05) is 5.32 Å². The maximum absolute atomic E-state index is 11.4. The van der Waals surface area contributed by atoms with Gasteiger partial charge in [0.15, 0.2) is 0 Å². The number of benzene rings is 3. The van der Waals surface area contributed by atoms with Crippen LogP contribution < -0.4 is 5.32 Å². The lowest BCUT2D eigenvalue weighted by Gasteiger charge is -2.08. The van der Waals surface area contributed by atoms with Crippen LogP contribution in [0.1, 0.15) is 0 Å². The Bertz CT molecular complexity index is 1040. The topological polar surface area (TPSA) is 94.1 Å².